The molecular formula is C14H19BrN4O2. The fourth-order valence-corrected chi connectivity index (χ4v) is 2.44. The lowest BCUT2D eigenvalue weighted by Crippen LogP contribution is -2.04. The number of aromatic nitrogens is 3. The molecule has 114 valence electrons. The van der Waals surface area contributed by atoms with Crippen molar-refractivity contribution in [3.63, 3.8) is 0 Å². The van der Waals surface area contributed by atoms with E-state index in [4.69, 9.17) is 9.84 Å². The van der Waals surface area contributed by atoms with E-state index >= 15 is 0 Å². The molecule has 0 aliphatic rings. The van der Waals surface area contributed by atoms with Crippen LogP contribution in [0.3, 0.4) is 0 Å². The van der Waals surface area contributed by atoms with Crippen molar-refractivity contribution in [2.75, 3.05) is 19.0 Å². The van der Waals surface area contributed by atoms with Gasteiger partial charge in [0.25, 0.3) is 0 Å². The number of anilines is 1. The number of methoxy groups -OCH3 is 1. The van der Waals surface area contributed by atoms with Gasteiger partial charge in [0.1, 0.15) is 5.69 Å². The second kappa shape index (κ2) is 8.11. The Labute approximate surface area is 132 Å². The lowest BCUT2D eigenvalue weighted by molar-refractivity contribution is 0.185. The molecule has 7 heteroatoms. The van der Waals surface area contributed by atoms with E-state index in [2.05, 4.69) is 31.6 Å². The zero-order valence-electron chi connectivity index (χ0n) is 11.9. The Balaban J connectivity index is 1.99. The zero-order valence-corrected chi connectivity index (χ0v) is 13.5. The summed E-state index contributed by atoms with van der Waals surface area (Å²) in [5, 5.41) is 20.3. The van der Waals surface area contributed by atoms with Gasteiger partial charge in [0.2, 0.25) is 0 Å². The Hall–Kier alpha value is -1.44. The van der Waals surface area contributed by atoms with Crippen LogP contribution in [0.25, 0.3) is 0 Å². The molecule has 0 atom stereocenters. The van der Waals surface area contributed by atoms with Crippen LogP contribution in [-0.4, -0.2) is 33.8 Å². The predicted octanol–water partition coefficient (Wildman–Crippen LogP) is 2.18. The standard InChI is InChI=1S/C14H19BrN4O2/c1-21-10-12-13(15)4-2-5-14(12)16-8-11-9-19(18-17-11)6-3-7-20/h2,4-5,9,16,20H,3,6-8,10H2,1H3. The van der Waals surface area contributed by atoms with Crippen molar-refractivity contribution in [2.24, 2.45) is 0 Å². The second-order valence-electron chi connectivity index (χ2n) is 4.60. The third kappa shape index (κ3) is 4.52. The third-order valence-corrected chi connectivity index (χ3v) is 3.74. The van der Waals surface area contributed by atoms with Crippen molar-refractivity contribution in [3.05, 3.63) is 40.1 Å². The van der Waals surface area contributed by atoms with E-state index in [9.17, 15) is 0 Å². The summed E-state index contributed by atoms with van der Waals surface area (Å²) >= 11 is 3.53. The molecule has 1 aromatic carbocycles. The van der Waals surface area contributed by atoms with E-state index in [1.54, 1.807) is 11.8 Å². The quantitative estimate of drug-likeness (QED) is 0.760. The van der Waals surface area contributed by atoms with Crippen LogP contribution in [0, 0.1) is 0 Å². The molecule has 0 radical (unpaired) electrons. The highest BCUT2D eigenvalue weighted by Gasteiger charge is 2.07. The number of rotatable bonds is 8. The van der Waals surface area contributed by atoms with E-state index in [1.165, 1.54) is 0 Å². The van der Waals surface area contributed by atoms with Gasteiger partial charge in [-0.05, 0) is 18.6 Å². The molecule has 2 rings (SSSR count). The third-order valence-electron chi connectivity index (χ3n) is 3.00. The number of benzene rings is 1. The van der Waals surface area contributed by atoms with Crippen molar-refractivity contribution in [1.82, 2.24) is 15.0 Å². The van der Waals surface area contributed by atoms with Gasteiger partial charge < -0.3 is 15.2 Å². The number of hydrogen-bond acceptors (Lipinski definition) is 5. The Morgan fingerprint density at radius 2 is 2.29 bits per heavy atom. The van der Waals surface area contributed by atoms with Crippen molar-refractivity contribution in [2.45, 2.75) is 26.1 Å². The topological polar surface area (TPSA) is 72.2 Å². The average Bonchev–Trinajstić information content (AvgIpc) is 2.94. The highest BCUT2D eigenvalue weighted by atomic mass is 79.9. The molecule has 0 bridgehead atoms. The second-order valence-corrected chi connectivity index (χ2v) is 5.46. The fraction of sp³-hybridized carbons (Fsp3) is 0.429. The van der Waals surface area contributed by atoms with E-state index in [0.29, 0.717) is 26.1 Å². The van der Waals surface area contributed by atoms with Crippen molar-refractivity contribution in [1.29, 1.82) is 0 Å². The summed E-state index contributed by atoms with van der Waals surface area (Å²) in [6.45, 7) is 1.96. The highest BCUT2D eigenvalue weighted by molar-refractivity contribution is 9.10. The van der Waals surface area contributed by atoms with E-state index in [0.717, 1.165) is 21.4 Å². The molecular weight excluding hydrogens is 336 g/mol. The number of ether oxygens (including phenoxy) is 1. The molecule has 1 heterocycles. The molecule has 0 saturated heterocycles. The summed E-state index contributed by atoms with van der Waals surface area (Å²) in [7, 11) is 1.68. The monoisotopic (exact) mass is 354 g/mol. The Kier molecular flexibility index (Phi) is 6.16. The number of aliphatic hydroxyl groups excluding tert-OH is 1. The molecule has 0 saturated carbocycles. The van der Waals surface area contributed by atoms with Gasteiger partial charge in [-0.25, -0.2) is 0 Å². The molecule has 0 spiro atoms. The summed E-state index contributed by atoms with van der Waals surface area (Å²) in [4.78, 5) is 0. The van der Waals surface area contributed by atoms with Crippen molar-refractivity contribution in [3.8, 4) is 0 Å². The molecule has 0 amide bonds. The summed E-state index contributed by atoms with van der Waals surface area (Å²) < 4.78 is 7.98. The highest BCUT2D eigenvalue weighted by Crippen LogP contribution is 2.25. The van der Waals surface area contributed by atoms with Crippen LogP contribution in [0.1, 0.15) is 17.7 Å². The summed E-state index contributed by atoms with van der Waals surface area (Å²) in [6.07, 6.45) is 2.57. The minimum atomic E-state index is 0.159. The summed E-state index contributed by atoms with van der Waals surface area (Å²) in [6, 6.07) is 5.98. The van der Waals surface area contributed by atoms with Gasteiger partial charge in [0.15, 0.2) is 0 Å². The van der Waals surface area contributed by atoms with Crippen LogP contribution in [0.2, 0.25) is 0 Å². The van der Waals surface area contributed by atoms with Gasteiger partial charge in [0.05, 0.1) is 19.3 Å². The first kappa shape index (κ1) is 15.9. The number of hydrogen-bond donors (Lipinski definition) is 2. The first-order valence-electron chi connectivity index (χ1n) is 6.74. The molecule has 1 aromatic heterocycles. The van der Waals surface area contributed by atoms with E-state index in [1.807, 2.05) is 24.4 Å². The Bertz CT molecular complexity index is 574. The molecule has 2 aromatic rings. The molecule has 6 nitrogen and oxygen atoms in total. The van der Waals surface area contributed by atoms with Crippen molar-refractivity contribution < 1.29 is 9.84 Å². The lowest BCUT2D eigenvalue weighted by Gasteiger charge is -2.12. The number of nitrogens with zero attached hydrogens (tertiary/aromatic N) is 3. The smallest absolute Gasteiger partial charge is 0.102 e. The molecule has 0 aliphatic heterocycles. The Morgan fingerprint density at radius 1 is 1.43 bits per heavy atom. The first-order valence-corrected chi connectivity index (χ1v) is 7.54. The minimum absolute atomic E-state index is 0.159. The Morgan fingerprint density at radius 3 is 3.05 bits per heavy atom. The van der Waals surface area contributed by atoms with Gasteiger partial charge in [-0.3, -0.25) is 4.68 Å². The van der Waals surface area contributed by atoms with Gasteiger partial charge >= 0.3 is 0 Å². The molecule has 0 fully saturated rings. The molecule has 21 heavy (non-hydrogen) atoms. The zero-order chi connectivity index (χ0) is 15.1. The molecule has 2 N–H and O–H groups in total. The van der Waals surface area contributed by atoms with E-state index < -0.39 is 0 Å². The SMILES string of the molecule is COCc1c(Br)cccc1NCc1cn(CCCO)nn1. The maximum absolute atomic E-state index is 8.80. The van der Waals surface area contributed by atoms with Crippen molar-refractivity contribution >= 4 is 21.6 Å². The summed E-state index contributed by atoms with van der Waals surface area (Å²) in [5.41, 5.74) is 2.94. The molecule has 0 unspecified atom stereocenters. The van der Waals surface area contributed by atoms with Gasteiger partial charge in [-0.1, -0.05) is 27.2 Å². The van der Waals surface area contributed by atoms with Crippen LogP contribution in [0.4, 0.5) is 5.69 Å². The van der Waals surface area contributed by atoms with Crippen LogP contribution < -0.4 is 5.32 Å². The van der Waals surface area contributed by atoms with Gasteiger partial charge in [-0.2, -0.15) is 0 Å². The lowest BCUT2D eigenvalue weighted by atomic mass is 10.2. The molecule has 0 aliphatic carbocycles. The van der Waals surface area contributed by atoms with Crippen LogP contribution in [0.5, 0.6) is 0 Å². The van der Waals surface area contributed by atoms with E-state index in [-0.39, 0.29) is 6.61 Å². The maximum Gasteiger partial charge on any atom is 0.102 e. The van der Waals surface area contributed by atoms with Crippen LogP contribution in [0.15, 0.2) is 28.9 Å². The first-order chi connectivity index (χ1) is 10.2. The largest absolute Gasteiger partial charge is 0.396 e. The number of halogens is 1. The van der Waals surface area contributed by atoms with Gasteiger partial charge in [-0.15, -0.1) is 5.10 Å². The van der Waals surface area contributed by atoms with Crippen LogP contribution >= 0.6 is 15.9 Å². The predicted molar refractivity (Wildman–Crippen MR) is 83.9 cm³/mol. The number of nitrogens with one attached hydrogen (secondary N) is 1. The normalized spacial score (nSPS) is 10.8. The average molecular weight is 355 g/mol. The minimum Gasteiger partial charge on any atom is -0.396 e. The maximum atomic E-state index is 8.80. The number of aryl methyl sites for hydroxylation is 1. The number of aliphatic hydroxyl groups is 1. The fourth-order valence-electron chi connectivity index (χ4n) is 1.96. The summed E-state index contributed by atoms with van der Waals surface area (Å²) in [5.74, 6) is 0. The van der Waals surface area contributed by atoms with Crippen LogP contribution in [-0.2, 0) is 24.4 Å². The van der Waals surface area contributed by atoms with Gasteiger partial charge in [0, 0.05) is 36.0 Å².